The summed E-state index contributed by atoms with van der Waals surface area (Å²) in [6.07, 6.45) is 6.03. The molecule has 0 spiro atoms. The number of aromatic nitrogens is 3. The third kappa shape index (κ3) is 4.35. The van der Waals surface area contributed by atoms with Crippen LogP contribution in [0.15, 0.2) is 52.5 Å². The molecule has 1 aliphatic carbocycles. The maximum atomic E-state index is 12.5. The van der Waals surface area contributed by atoms with Crippen molar-refractivity contribution in [2.24, 2.45) is 24.0 Å². The van der Waals surface area contributed by atoms with Crippen LogP contribution in [0, 0.1) is 11.8 Å². The van der Waals surface area contributed by atoms with Gasteiger partial charge in [0.15, 0.2) is 0 Å². The standard InChI is InChI=1S/C24H26ClN5O2/c1-29-19-7-8-21(25)27-24(19)20(14-22(29)31)30-12-9-17(10-13-30)23(18-4-2-3-11-26-18)28-32-15-16-5-6-16/h2-4,7-8,11,14,16-17H,5-6,9-10,12-13,15H2,1H3/b28-23+. The summed E-state index contributed by atoms with van der Waals surface area (Å²) in [6.45, 7) is 2.26. The van der Waals surface area contributed by atoms with Gasteiger partial charge in [-0.2, -0.15) is 0 Å². The van der Waals surface area contributed by atoms with E-state index in [1.807, 2.05) is 24.3 Å². The van der Waals surface area contributed by atoms with Crippen LogP contribution in [-0.2, 0) is 11.9 Å². The molecule has 0 bridgehead atoms. The molecule has 0 N–H and O–H groups in total. The Hall–Kier alpha value is -2.93. The van der Waals surface area contributed by atoms with Crippen molar-refractivity contribution in [3.05, 3.63) is 63.8 Å². The van der Waals surface area contributed by atoms with Crippen LogP contribution in [0.1, 0.15) is 31.4 Å². The number of halogens is 1. The van der Waals surface area contributed by atoms with Gasteiger partial charge >= 0.3 is 0 Å². The van der Waals surface area contributed by atoms with Gasteiger partial charge < -0.3 is 14.3 Å². The van der Waals surface area contributed by atoms with E-state index in [0.29, 0.717) is 17.7 Å². The Morgan fingerprint density at radius 1 is 1.19 bits per heavy atom. The van der Waals surface area contributed by atoms with E-state index in [9.17, 15) is 4.79 Å². The fraction of sp³-hybridized carbons (Fsp3) is 0.417. The molecular weight excluding hydrogens is 426 g/mol. The van der Waals surface area contributed by atoms with Gasteiger partial charge in [-0.15, -0.1) is 0 Å². The molecule has 2 aliphatic rings. The van der Waals surface area contributed by atoms with Gasteiger partial charge in [0.1, 0.15) is 23.0 Å². The Balaban J connectivity index is 1.38. The Bertz CT molecular complexity index is 1200. The van der Waals surface area contributed by atoms with E-state index >= 15 is 0 Å². The molecule has 5 rings (SSSR count). The highest BCUT2D eigenvalue weighted by Crippen LogP contribution is 2.31. The number of rotatable bonds is 6. The summed E-state index contributed by atoms with van der Waals surface area (Å²) in [4.78, 5) is 29.5. The predicted octanol–water partition coefficient (Wildman–Crippen LogP) is 4.03. The first-order valence-corrected chi connectivity index (χ1v) is 11.5. The monoisotopic (exact) mass is 451 g/mol. The van der Waals surface area contributed by atoms with Crippen molar-refractivity contribution in [2.75, 3.05) is 24.6 Å². The average Bonchev–Trinajstić information content (AvgIpc) is 3.64. The van der Waals surface area contributed by atoms with Gasteiger partial charge in [-0.3, -0.25) is 9.78 Å². The molecule has 0 radical (unpaired) electrons. The fourth-order valence-corrected chi connectivity index (χ4v) is 4.41. The summed E-state index contributed by atoms with van der Waals surface area (Å²) in [5.41, 5.74) is 4.11. The SMILES string of the molecule is Cn1c(=O)cc(N2CCC(/C(=N\OCC3CC3)c3ccccn3)CC2)c2nc(Cl)ccc21. The topological polar surface area (TPSA) is 72.6 Å². The molecule has 166 valence electrons. The number of pyridine rings is 3. The number of anilines is 1. The summed E-state index contributed by atoms with van der Waals surface area (Å²) in [6, 6.07) is 11.1. The molecule has 1 saturated heterocycles. The first kappa shape index (κ1) is 20.9. The van der Waals surface area contributed by atoms with Crippen molar-refractivity contribution in [3.63, 3.8) is 0 Å². The molecule has 32 heavy (non-hydrogen) atoms. The highest BCUT2D eigenvalue weighted by atomic mass is 35.5. The molecule has 2 fully saturated rings. The molecule has 1 aliphatic heterocycles. The van der Waals surface area contributed by atoms with Crippen molar-refractivity contribution in [2.45, 2.75) is 25.7 Å². The van der Waals surface area contributed by atoms with E-state index in [-0.39, 0.29) is 11.5 Å². The number of hydrogen-bond acceptors (Lipinski definition) is 6. The van der Waals surface area contributed by atoms with Crippen molar-refractivity contribution in [1.82, 2.24) is 14.5 Å². The van der Waals surface area contributed by atoms with Crippen LogP contribution in [-0.4, -0.2) is 39.9 Å². The van der Waals surface area contributed by atoms with E-state index in [0.717, 1.165) is 54.1 Å². The molecule has 3 aromatic rings. The summed E-state index contributed by atoms with van der Waals surface area (Å²) >= 11 is 6.18. The molecule has 0 aromatic carbocycles. The fourth-order valence-electron chi connectivity index (χ4n) is 4.26. The van der Waals surface area contributed by atoms with Gasteiger partial charge in [0, 0.05) is 38.3 Å². The minimum atomic E-state index is -0.0528. The van der Waals surface area contributed by atoms with E-state index < -0.39 is 0 Å². The Morgan fingerprint density at radius 2 is 2.00 bits per heavy atom. The molecule has 0 amide bonds. The summed E-state index contributed by atoms with van der Waals surface area (Å²) < 4.78 is 1.61. The van der Waals surface area contributed by atoms with Crippen LogP contribution >= 0.6 is 11.6 Å². The zero-order valence-corrected chi connectivity index (χ0v) is 18.8. The lowest BCUT2D eigenvalue weighted by atomic mass is 9.89. The maximum Gasteiger partial charge on any atom is 0.252 e. The van der Waals surface area contributed by atoms with Crippen LogP contribution in [0.4, 0.5) is 5.69 Å². The zero-order valence-electron chi connectivity index (χ0n) is 18.1. The Labute approximate surface area is 191 Å². The van der Waals surface area contributed by atoms with Crippen LogP contribution in [0.3, 0.4) is 0 Å². The van der Waals surface area contributed by atoms with Crippen molar-refractivity contribution in [1.29, 1.82) is 0 Å². The van der Waals surface area contributed by atoms with Crippen LogP contribution in [0.25, 0.3) is 11.0 Å². The molecule has 8 heteroatoms. The molecular formula is C24H26ClN5O2. The van der Waals surface area contributed by atoms with Gasteiger partial charge in [0.2, 0.25) is 0 Å². The van der Waals surface area contributed by atoms with Crippen molar-refractivity contribution in [3.8, 4) is 0 Å². The molecule has 0 unspecified atom stereocenters. The van der Waals surface area contributed by atoms with Gasteiger partial charge in [0.05, 0.1) is 16.9 Å². The van der Waals surface area contributed by atoms with Gasteiger partial charge in [-0.25, -0.2) is 4.98 Å². The Kier molecular flexibility index (Phi) is 5.83. The molecule has 3 aromatic heterocycles. The molecule has 7 nitrogen and oxygen atoms in total. The number of piperidine rings is 1. The quantitative estimate of drug-likeness (QED) is 0.321. The summed E-state index contributed by atoms with van der Waals surface area (Å²) in [7, 11) is 1.76. The van der Waals surface area contributed by atoms with E-state index in [1.165, 1.54) is 12.8 Å². The summed E-state index contributed by atoms with van der Waals surface area (Å²) in [5, 5.41) is 4.96. The Morgan fingerprint density at radius 3 is 2.72 bits per heavy atom. The largest absolute Gasteiger partial charge is 0.395 e. The number of nitrogens with zero attached hydrogens (tertiary/aromatic N) is 5. The highest BCUT2D eigenvalue weighted by molar-refractivity contribution is 6.29. The second kappa shape index (κ2) is 8.90. The maximum absolute atomic E-state index is 12.5. The van der Waals surface area contributed by atoms with Gasteiger partial charge in [0.25, 0.3) is 5.56 Å². The molecule has 1 saturated carbocycles. The van der Waals surface area contributed by atoms with Crippen LogP contribution < -0.4 is 10.5 Å². The van der Waals surface area contributed by atoms with E-state index in [2.05, 4.69) is 20.0 Å². The van der Waals surface area contributed by atoms with Crippen LogP contribution in [0.2, 0.25) is 5.15 Å². The molecule has 0 atom stereocenters. The van der Waals surface area contributed by atoms with Gasteiger partial charge in [-0.05, 0) is 55.9 Å². The smallest absolute Gasteiger partial charge is 0.252 e. The normalized spacial score (nSPS) is 17.7. The van der Waals surface area contributed by atoms with Crippen LogP contribution in [0.5, 0.6) is 0 Å². The second-order valence-electron chi connectivity index (χ2n) is 8.62. The minimum absolute atomic E-state index is 0.0528. The van der Waals surface area contributed by atoms with Crippen molar-refractivity contribution >= 4 is 34.0 Å². The summed E-state index contributed by atoms with van der Waals surface area (Å²) in [5.74, 6) is 0.897. The average molecular weight is 452 g/mol. The third-order valence-corrected chi connectivity index (χ3v) is 6.56. The van der Waals surface area contributed by atoms with E-state index in [4.69, 9.17) is 16.4 Å². The number of aryl methyl sites for hydroxylation is 1. The number of oxime groups is 1. The van der Waals surface area contributed by atoms with E-state index in [1.54, 1.807) is 29.9 Å². The lowest BCUT2D eigenvalue weighted by Gasteiger charge is -2.34. The minimum Gasteiger partial charge on any atom is -0.395 e. The second-order valence-corrected chi connectivity index (χ2v) is 9.01. The predicted molar refractivity (Wildman–Crippen MR) is 126 cm³/mol. The zero-order chi connectivity index (χ0) is 22.1. The first-order valence-electron chi connectivity index (χ1n) is 11.1. The van der Waals surface area contributed by atoms with Gasteiger partial charge in [-0.1, -0.05) is 22.8 Å². The van der Waals surface area contributed by atoms with Crippen molar-refractivity contribution < 1.29 is 4.84 Å². The molecule has 4 heterocycles. The lowest BCUT2D eigenvalue weighted by molar-refractivity contribution is 0.132. The third-order valence-electron chi connectivity index (χ3n) is 6.35. The first-order chi connectivity index (χ1) is 15.6. The number of fused-ring (bicyclic) bond motifs is 1. The lowest BCUT2D eigenvalue weighted by Crippen LogP contribution is -2.38. The highest BCUT2D eigenvalue weighted by Gasteiger charge is 2.28. The number of hydrogen-bond donors (Lipinski definition) is 0.